The van der Waals surface area contributed by atoms with Gasteiger partial charge in [0.1, 0.15) is 0 Å². The molecule has 2 heterocycles. The van der Waals surface area contributed by atoms with Crippen molar-refractivity contribution >= 4 is 16.6 Å². The Labute approximate surface area is 162 Å². The zero-order valence-electron chi connectivity index (χ0n) is 15.7. The number of hydrogen-bond acceptors (Lipinski definition) is 3. The lowest BCUT2D eigenvalue weighted by molar-refractivity contribution is -0.140. The molecule has 1 aromatic heterocycles. The molecule has 0 N–H and O–H groups in total. The van der Waals surface area contributed by atoms with E-state index < -0.39 is 11.9 Å². The second kappa shape index (κ2) is 7.41. The normalized spacial score (nSPS) is 18.6. The van der Waals surface area contributed by atoms with Gasteiger partial charge in [0, 0.05) is 25.5 Å². The van der Waals surface area contributed by atoms with Crippen LogP contribution in [0, 0.1) is 5.92 Å². The van der Waals surface area contributed by atoms with Gasteiger partial charge in [0.25, 0.3) is 0 Å². The molecule has 1 fully saturated rings. The molecule has 1 aliphatic rings. The molecule has 2 aromatic carbocycles. The zero-order valence-corrected chi connectivity index (χ0v) is 15.7. The molecule has 2 atom stereocenters. The first kappa shape index (κ1) is 18.7. The molecule has 3 nitrogen and oxygen atoms in total. The van der Waals surface area contributed by atoms with Crippen LogP contribution in [-0.2, 0) is 6.18 Å². The van der Waals surface area contributed by atoms with Crippen molar-refractivity contribution in [2.45, 2.75) is 31.9 Å². The summed E-state index contributed by atoms with van der Waals surface area (Å²) in [7, 11) is 0. The third-order valence-corrected chi connectivity index (χ3v) is 5.57. The van der Waals surface area contributed by atoms with Crippen LogP contribution in [0.15, 0.2) is 54.9 Å². The maximum Gasteiger partial charge on any atom is 0.437 e. The Bertz CT molecular complexity index is 965. The lowest BCUT2D eigenvalue weighted by Gasteiger charge is -2.22. The van der Waals surface area contributed by atoms with E-state index >= 15 is 0 Å². The van der Waals surface area contributed by atoms with E-state index in [9.17, 15) is 13.2 Å². The van der Waals surface area contributed by atoms with E-state index in [2.05, 4.69) is 47.2 Å². The molecule has 1 aliphatic heterocycles. The van der Waals surface area contributed by atoms with Crippen molar-refractivity contribution < 1.29 is 13.2 Å². The fourth-order valence-corrected chi connectivity index (χ4v) is 4.29. The van der Waals surface area contributed by atoms with Gasteiger partial charge < -0.3 is 4.90 Å². The maximum atomic E-state index is 13.2. The highest BCUT2D eigenvalue weighted by Crippen LogP contribution is 2.37. The van der Waals surface area contributed by atoms with Crippen LogP contribution in [0.5, 0.6) is 0 Å². The van der Waals surface area contributed by atoms with Gasteiger partial charge in [-0.3, -0.25) is 0 Å². The number of nitrogens with zero attached hydrogens (tertiary/aromatic N) is 3. The van der Waals surface area contributed by atoms with Crippen molar-refractivity contribution in [2.75, 3.05) is 18.0 Å². The molecular formula is C22H22F3N3. The number of anilines is 1. The molecule has 6 heteroatoms. The highest BCUT2D eigenvalue weighted by Gasteiger charge is 2.39. The van der Waals surface area contributed by atoms with Crippen LogP contribution in [0.2, 0.25) is 0 Å². The lowest BCUT2D eigenvalue weighted by atomic mass is 9.87. The van der Waals surface area contributed by atoms with Crippen LogP contribution in [0.25, 0.3) is 10.8 Å². The summed E-state index contributed by atoms with van der Waals surface area (Å²) in [5, 5.41) is 2.47. The van der Waals surface area contributed by atoms with Crippen molar-refractivity contribution in [1.82, 2.24) is 9.97 Å². The van der Waals surface area contributed by atoms with Crippen LogP contribution in [0.3, 0.4) is 0 Å². The second-order valence-electron chi connectivity index (χ2n) is 7.53. The minimum Gasteiger partial charge on any atom is -0.355 e. The minimum atomic E-state index is -4.49. The van der Waals surface area contributed by atoms with Crippen LogP contribution in [-0.4, -0.2) is 23.1 Å². The van der Waals surface area contributed by atoms with E-state index in [1.165, 1.54) is 22.5 Å². The van der Waals surface area contributed by atoms with Crippen LogP contribution >= 0.6 is 0 Å². The molecular weight excluding hydrogens is 363 g/mol. The fourth-order valence-electron chi connectivity index (χ4n) is 4.29. The molecule has 0 bridgehead atoms. The predicted octanol–water partition coefficient (Wildman–Crippen LogP) is 5.67. The largest absolute Gasteiger partial charge is 0.437 e. The standard InChI is InChI=1S/C22H22F3N3/c1-15(18-8-4-6-17-5-2-3-7-19(17)18)13-16-9-12-28(14-16)21-20(22(23,24)25)26-10-11-27-21/h2-8,10-11,15-16H,9,12-14H2,1H3/t15-,16-/m0/s1. The average Bonchev–Trinajstić information content (AvgIpc) is 3.15. The van der Waals surface area contributed by atoms with E-state index in [1.54, 1.807) is 4.90 Å². The van der Waals surface area contributed by atoms with Crippen molar-refractivity contribution in [2.24, 2.45) is 5.92 Å². The second-order valence-corrected chi connectivity index (χ2v) is 7.53. The van der Waals surface area contributed by atoms with Gasteiger partial charge in [-0.1, -0.05) is 49.4 Å². The van der Waals surface area contributed by atoms with Crippen molar-refractivity contribution in [3.8, 4) is 0 Å². The first-order valence-electron chi connectivity index (χ1n) is 9.54. The first-order chi connectivity index (χ1) is 13.4. The Kier molecular flexibility index (Phi) is 4.96. The third-order valence-electron chi connectivity index (χ3n) is 5.57. The average molecular weight is 385 g/mol. The summed E-state index contributed by atoms with van der Waals surface area (Å²) in [6, 6.07) is 14.7. The molecule has 0 radical (unpaired) electrons. The number of hydrogen-bond donors (Lipinski definition) is 0. The molecule has 3 aromatic rings. The van der Waals surface area contributed by atoms with E-state index in [0.29, 0.717) is 24.9 Å². The molecule has 0 unspecified atom stereocenters. The molecule has 1 saturated heterocycles. The Morgan fingerprint density at radius 1 is 1.07 bits per heavy atom. The van der Waals surface area contributed by atoms with Crippen LogP contribution in [0.4, 0.5) is 19.0 Å². The number of alkyl halides is 3. The summed E-state index contributed by atoms with van der Waals surface area (Å²) in [5.41, 5.74) is 0.407. The van der Waals surface area contributed by atoms with Gasteiger partial charge in [-0.05, 0) is 41.0 Å². The van der Waals surface area contributed by atoms with Gasteiger partial charge in [-0.2, -0.15) is 13.2 Å². The first-order valence-corrected chi connectivity index (χ1v) is 9.54. The fraction of sp³-hybridized carbons (Fsp3) is 0.364. The van der Waals surface area contributed by atoms with Gasteiger partial charge in [-0.15, -0.1) is 0 Å². The van der Waals surface area contributed by atoms with Crippen LogP contribution < -0.4 is 4.90 Å². The van der Waals surface area contributed by atoms with Gasteiger partial charge in [0.05, 0.1) is 0 Å². The molecule has 0 amide bonds. The zero-order chi connectivity index (χ0) is 19.7. The predicted molar refractivity (Wildman–Crippen MR) is 104 cm³/mol. The number of benzene rings is 2. The molecule has 146 valence electrons. The van der Waals surface area contributed by atoms with Crippen molar-refractivity contribution in [3.63, 3.8) is 0 Å². The molecule has 28 heavy (non-hydrogen) atoms. The summed E-state index contributed by atoms with van der Waals surface area (Å²) in [5.74, 6) is 0.618. The monoisotopic (exact) mass is 385 g/mol. The Morgan fingerprint density at radius 3 is 2.64 bits per heavy atom. The van der Waals surface area contributed by atoms with E-state index in [1.807, 2.05) is 12.1 Å². The molecule has 0 saturated carbocycles. The Hall–Kier alpha value is -2.63. The smallest absolute Gasteiger partial charge is 0.355 e. The van der Waals surface area contributed by atoms with E-state index in [4.69, 9.17) is 0 Å². The van der Waals surface area contributed by atoms with Gasteiger partial charge in [0.2, 0.25) is 0 Å². The van der Waals surface area contributed by atoms with Gasteiger partial charge >= 0.3 is 6.18 Å². The summed E-state index contributed by atoms with van der Waals surface area (Å²) in [6.45, 7) is 3.36. The Morgan fingerprint density at radius 2 is 1.82 bits per heavy atom. The highest BCUT2D eigenvalue weighted by molar-refractivity contribution is 5.86. The summed E-state index contributed by atoms with van der Waals surface area (Å²) >= 11 is 0. The van der Waals surface area contributed by atoms with Crippen molar-refractivity contribution in [1.29, 1.82) is 0 Å². The minimum absolute atomic E-state index is 0.0460. The van der Waals surface area contributed by atoms with E-state index in [0.717, 1.165) is 19.0 Å². The highest BCUT2D eigenvalue weighted by atomic mass is 19.4. The van der Waals surface area contributed by atoms with Crippen LogP contribution in [0.1, 0.15) is 36.9 Å². The van der Waals surface area contributed by atoms with E-state index in [-0.39, 0.29) is 5.82 Å². The number of fused-ring (bicyclic) bond motifs is 1. The van der Waals surface area contributed by atoms with Gasteiger partial charge in [0.15, 0.2) is 11.5 Å². The molecule has 4 rings (SSSR count). The summed E-state index contributed by atoms with van der Waals surface area (Å²) < 4.78 is 39.7. The molecule has 0 spiro atoms. The SMILES string of the molecule is C[C@@H](C[C@@H]1CCN(c2nccnc2C(F)(F)F)C1)c1cccc2ccccc12. The topological polar surface area (TPSA) is 29.0 Å². The summed E-state index contributed by atoms with van der Waals surface area (Å²) in [4.78, 5) is 9.25. The van der Waals surface area contributed by atoms with Gasteiger partial charge in [-0.25, -0.2) is 9.97 Å². The van der Waals surface area contributed by atoms with Crippen molar-refractivity contribution in [3.05, 3.63) is 66.1 Å². The molecule has 0 aliphatic carbocycles. The number of aromatic nitrogens is 2. The maximum absolute atomic E-state index is 13.2. The number of rotatable bonds is 4. The number of halogens is 3. The quantitative estimate of drug-likeness (QED) is 0.579. The summed E-state index contributed by atoms with van der Waals surface area (Å²) in [6.07, 6.45) is -0.258. The Balaban J connectivity index is 1.50. The lowest BCUT2D eigenvalue weighted by Crippen LogP contribution is -2.25. The third kappa shape index (κ3) is 3.68.